The number of carbonyl (C=O) groups is 2. The molecule has 144 valence electrons. The molecule has 0 radical (unpaired) electrons. The maximum Gasteiger partial charge on any atom is 0.331 e. The van der Waals surface area contributed by atoms with Gasteiger partial charge in [-0.15, -0.1) is 0 Å². The molecule has 0 aromatic carbocycles. The quantitative estimate of drug-likeness (QED) is 0.172. The summed E-state index contributed by atoms with van der Waals surface area (Å²) in [5, 5.41) is 0. The smallest absolute Gasteiger partial charge is 0.331 e. The van der Waals surface area contributed by atoms with Gasteiger partial charge in [0.15, 0.2) is 0 Å². The van der Waals surface area contributed by atoms with Crippen LogP contribution in [0.1, 0.15) is 78.6 Å². The highest BCUT2D eigenvalue weighted by Crippen LogP contribution is 2.07. The van der Waals surface area contributed by atoms with Crippen LogP contribution in [0.4, 0.5) is 0 Å². The zero-order chi connectivity index (χ0) is 18.8. The number of ether oxygens (including phenoxy) is 2. The van der Waals surface area contributed by atoms with Crippen molar-refractivity contribution in [2.24, 2.45) is 5.92 Å². The molecule has 0 aliphatic carbocycles. The number of hydrogen-bond donors (Lipinski definition) is 0. The zero-order valence-electron chi connectivity index (χ0n) is 16.3. The van der Waals surface area contributed by atoms with Crippen molar-refractivity contribution in [3.05, 3.63) is 24.3 Å². The molecular weight excluding hydrogens is 316 g/mol. The summed E-state index contributed by atoms with van der Waals surface area (Å²) in [4.78, 5) is 22.9. The molecule has 0 rings (SSSR count). The fraction of sp³-hybridized carbons (Fsp3) is 0.714. The van der Waals surface area contributed by atoms with E-state index in [1.165, 1.54) is 38.5 Å². The maximum absolute atomic E-state index is 11.5. The third-order valence-corrected chi connectivity index (χ3v) is 3.74. The van der Waals surface area contributed by atoms with Crippen LogP contribution in [-0.2, 0) is 19.1 Å². The first-order valence-electron chi connectivity index (χ1n) is 9.72. The molecule has 0 aromatic heterocycles. The standard InChI is InChI=1S/C21H36O4/c1-4-5-6-7-8-9-10-11-12-17-24-20(22)15-16-21(23)25-18-13-14-19(2)3/h11-12,15-16,19H,4-10,13-14,17-18H2,1-3H3/b12-11+,16-15+. The Hall–Kier alpha value is -1.58. The molecule has 0 heterocycles. The predicted molar refractivity (Wildman–Crippen MR) is 102 cm³/mol. The van der Waals surface area contributed by atoms with E-state index in [1.54, 1.807) is 0 Å². The summed E-state index contributed by atoms with van der Waals surface area (Å²) in [5.74, 6) is -0.430. The monoisotopic (exact) mass is 352 g/mol. The normalized spacial score (nSPS) is 11.5. The van der Waals surface area contributed by atoms with Crippen LogP contribution in [0.3, 0.4) is 0 Å². The molecule has 0 bridgehead atoms. The van der Waals surface area contributed by atoms with Gasteiger partial charge in [-0.25, -0.2) is 9.59 Å². The second kappa shape index (κ2) is 17.2. The third-order valence-electron chi connectivity index (χ3n) is 3.74. The van der Waals surface area contributed by atoms with Gasteiger partial charge >= 0.3 is 11.9 Å². The number of esters is 2. The fourth-order valence-electron chi connectivity index (χ4n) is 2.26. The molecule has 0 saturated carbocycles. The first kappa shape index (κ1) is 23.4. The molecule has 0 atom stereocenters. The van der Waals surface area contributed by atoms with Gasteiger partial charge in [-0.2, -0.15) is 0 Å². The van der Waals surface area contributed by atoms with Gasteiger partial charge in [-0.05, 0) is 31.6 Å². The first-order chi connectivity index (χ1) is 12.1. The van der Waals surface area contributed by atoms with E-state index in [-0.39, 0.29) is 6.61 Å². The predicted octanol–water partition coefficient (Wildman–Crippen LogP) is 5.37. The average molecular weight is 353 g/mol. The van der Waals surface area contributed by atoms with Gasteiger partial charge in [0.05, 0.1) is 6.61 Å². The summed E-state index contributed by atoms with van der Waals surface area (Å²) in [6.07, 6.45) is 16.7. The molecule has 0 aliphatic heterocycles. The lowest BCUT2D eigenvalue weighted by Gasteiger charge is -2.04. The van der Waals surface area contributed by atoms with Crippen LogP contribution in [0.5, 0.6) is 0 Å². The molecule has 4 nitrogen and oxygen atoms in total. The van der Waals surface area contributed by atoms with E-state index < -0.39 is 11.9 Å². The molecule has 25 heavy (non-hydrogen) atoms. The molecule has 0 saturated heterocycles. The third kappa shape index (κ3) is 18.6. The Morgan fingerprint density at radius 1 is 0.840 bits per heavy atom. The van der Waals surface area contributed by atoms with Crippen LogP contribution < -0.4 is 0 Å². The van der Waals surface area contributed by atoms with E-state index in [2.05, 4.69) is 20.8 Å². The van der Waals surface area contributed by atoms with E-state index in [0.29, 0.717) is 12.5 Å². The van der Waals surface area contributed by atoms with Gasteiger partial charge in [-0.3, -0.25) is 0 Å². The highest BCUT2D eigenvalue weighted by molar-refractivity contribution is 5.91. The number of carbonyl (C=O) groups excluding carboxylic acids is 2. The Labute approximate surface area is 153 Å². The van der Waals surface area contributed by atoms with Crippen LogP contribution in [-0.4, -0.2) is 25.2 Å². The van der Waals surface area contributed by atoms with E-state index in [0.717, 1.165) is 31.4 Å². The molecule has 0 N–H and O–H groups in total. The van der Waals surface area contributed by atoms with Crippen molar-refractivity contribution in [2.45, 2.75) is 78.6 Å². The summed E-state index contributed by atoms with van der Waals surface area (Å²) in [6, 6.07) is 0. The molecule has 4 heteroatoms. The van der Waals surface area contributed by atoms with Crippen molar-refractivity contribution in [1.82, 2.24) is 0 Å². The number of hydrogen-bond acceptors (Lipinski definition) is 4. The molecule has 0 unspecified atom stereocenters. The van der Waals surface area contributed by atoms with Crippen molar-refractivity contribution in [3.8, 4) is 0 Å². The highest BCUT2D eigenvalue weighted by Gasteiger charge is 2.01. The van der Waals surface area contributed by atoms with Crippen LogP contribution in [0.15, 0.2) is 24.3 Å². The van der Waals surface area contributed by atoms with Crippen LogP contribution in [0.2, 0.25) is 0 Å². The van der Waals surface area contributed by atoms with Gasteiger partial charge in [0.1, 0.15) is 6.61 Å². The Bertz CT molecular complexity index is 397. The summed E-state index contributed by atoms with van der Waals surface area (Å²) in [7, 11) is 0. The Kier molecular flexibility index (Phi) is 16.2. The second-order valence-electron chi connectivity index (χ2n) is 6.69. The zero-order valence-corrected chi connectivity index (χ0v) is 16.3. The van der Waals surface area contributed by atoms with Gasteiger partial charge in [-0.1, -0.05) is 65.0 Å². The lowest BCUT2D eigenvalue weighted by atomic mass is 10.1. The number of unbranched alkanes of at least 4 members (excludes halogenated alkanes) is 6. The fourth-order valence-corrected chi connectivity index (χ4v) is 2.26. The summed E-state index contributed by atoms with van der Waals surface area (Å²) in [6.45, 7) is 7.09. The Balaban J connectivity index is 3.58. The van der Waals surface area contributed by atoms with Gasteiger partial charge in [0.2, 0.25) is 0 Å². The summed E-state index contributed by atoms with van der Waals surface area (Å²) >= 11 is 0. The second-order valence-corrected chi connectivity index (χ2v) is 6.69. The van der Waals surface area contributed by atoms with Crippen molar-refractivity contribution in [1.29, 1.82) is 0 Å². The SMILES string of the molecule is CCCCCCCC/C=C/COC(=O)/C=C/C(=O)OCCCC(C)C. The minimum Gasteiger partial charge on any atom is -0.463 e. The lowest BCUT2D eigenvalue weighted by molar-refractivity contribution is -0.140. The Morgan fingerprint density at radius 3 is 2.16 bits per heavy atom. The van der Waals surface area contributed by atoms with Gasteiger partial charge in [0, 0.05) is 12.2 Å². The maximum atomic E-state index is 11.5. The van der Waals surface area contributed by atoms with Crippen LogP contribution in [0.25, 0.3) is 0 Å². The minimum absolute atomic E-state index is 0.239. The van der Waals surface area contributed by atoms with Crippen LogP contribution in [0, 0.1) is 5.92 Å². The van der Waals surface area contributed by atoms with Gasteiger partial charge < -0.3 is 9.47 Å². The largest absolute Gasteiger partial charge is 0.463 e. The van der Waals surface area contributed by atoms with Gasteiger partial charge in [0.25, 0.3) is 0 Å². The summed E-state index contributed by atoms with van der Waals surface area (Å²) < 4.78 is 9.99. The van der Waals surface area contributed by atoms with E-state index in [9.17, 15) is 9.59 Å². The van der Waals surface area contributed by atoms with Crippen molar-refractivity contribution < 1.29 is 19.1 Å². The highest BCUT2D eigenvalue weighted by atomic mass is 16.5. The molecule has 0 fully saturated rings. The van der Waals surface area contributed by atoms with Crippen molar-refractivity contribution in [3.63, 3.8) is 0 Å². The molecule has 0 amide bonds. The first-order valence-corrected chi connectivity index (χ1v) is 9.72. The van der Waals surface area contributed by atoms with E-state index in [4.69, 9.17) is 9.47 Å². The van der Waals surface area contributed by atoms with E-state index >= 15 is 0 Å². The van der Waals surface area contributed by atoms with Crippen molar-refractivity contribution in [2.75, 3.05) is 13.2 Å². The molecule has 0 aromatic rings. The minimum atomic E-state index is -0.525. The van der Waals surface area contributed by atoms with Crippen LogP contribution >= 0.6 is 0 Å². The van der Waals surface area contributed by atoms with E-state index in [1.807, 2.05) is 12.2 Å². The Morgan fingerprint density at radius 2 is 1.48 bits per heavy atom. The number of rotatable bonds is 15. The molecule has 0 aliphatic rings. The average Bonchev–Trinajstić information content (AvgIpc) is 2.58. The molecular formula is C21H36O4. The summed E-state index contributed by atoms with van der Waals surface area (Å²) in [5.41, 5.74) is 0. The number of allylic oxidation sites excluding steroid dienone is 1. The lowest BCUT2D eigenvalue weighted by Crippen LogP contribution is -2.06. The topological polar surface area (TPSA) is 52.6 Å². The molecule has 0 spiro atoms. The van der Waals surface area contributed by atoms with Crippen molar-refractivity contribution >= 4 is 11.9 Å².